The first-order valence-corrected chi connectivity index (χ1v) is 7.24. The average molecular weight is 304 g/mol. The maximum atomic E-state index is 12.2. The van der Waals surface area contributed by atoms with Gasteiger partial charge in [0.15, 0.2) is 0 Å². The lowest BCUT2D eigenvalue weighted by molar-refractivity contribution is 0.0952. The van der Waals surface area contributed by atoms with Crippen molar-refractivity contribution in [2.75, 3.05) is 7.11 Å². The Morgan fingerprint density at radius 2 is 1.74 bits per heavy atom. The van der Waals surface area contributed by atoms with E-state index in [1.54, 1.807) is 24.4 Å². The number of rotatable bonds is 4. The van der Waals surface area contributed by atoms with E-state index in [0.29, 0.717) is 11.3 Å². The predicted octanol–water partition coefficient (Wildman–Crippen LogP) is 3.61. The summed E-state index contributed by atoms with van der Waals surface area (Å²) in [5.74, 6) is 0.212. The van der Waals surface area contributed by atoms with Crippen LogP contribution in [0.15, 0.2) is 71.8 Å². The van der Waals surface area contributed by atoms with Crippen LogP contribution >= 0.6 is 0 Å². The van der Waals surface area contributed by atoms with Gasteiger partial charge in [-0.05, 0) is 22.9 Å². The number of benzene rings is 3. The van der Waals surface area contributed by atoms with Crippen LogP contribution in [0.25, 0.3) is 10.8 Å². The number of hydrazone groups is 1. The highest BCUT2D eigenvalue weighted by Crippen LogP contribution is 2.18. The zero-order valence-corrected chi connectivity index (χ0v) is 12.7. The zero-order valence-electron chi connectivity index (χ0n) is 12.7. The summed E-state index contributed by atoms with van der Waals surface area (Å²) >= 11 is 0. The number of nitrogens with one attached hydrogen (secondary N) is 1. The molecule has 0 aliphatic rings. The second-order valence-electron chi connectivity index (χ2n) is 4.97. The predicted molar refractivity (Wildman–Crippen MR) is 92.0 cm³/mol. The number of hydrogen-bond acceptors (Lipinski definition) is 3. The van der Waals surface area contributed by atoms with E-state index >= 15 is 0 Å². The molecule has 114 valence electrons. The molecule has 1 N–H and O–H groups in total. The molecule has 4 nitrogen and oxygen atoms in total. The van der Waals surface area contributed by atoms with E-state index < -0.39 is 0 Å². The van der Waals surface area contributed by atoms with Crippen LogP contribution in [-0.4, -0.2) is 19.2 Å². The number of ether oxygens (including phenoxy) is 1. The van der Waals surface area contributed by atoms with Gasteiger partial charge in [-0.15, -0.1) is 0 Å². The molecule has 0 spiro atoms. The van der Waals surface area contributed by atoms with Gasteiger partial charge in [-0.1, -0.05) is 54.6 Å². The molecule has 4 heteroatoms. The number of methoxy groups -OCH3 is 1. The van der Waals surface area contributed by atoms with Crippen LogP contribution in [0.5, 0.6) is 5.75 Å². The van der Waals surface area contributed by atoms with Crippen molar-refractivity contribution >= 4 is 22.9 Å². The van der Waals surface area contributed by atoms with Crippen molar-refractivity contribution in [3.05, 3.63) is 77.9 Å². The molecule has 3 aromatic carbocycles. The third-order valence-corrected chi connectivity index (χ3v) is 3.54. The Balaban J connectivity index is 1.79. The number of carbonyl (C=O) groups is 1. The van der Waals surface area contributed by atoms with E-state index in [2.05, 4.69) is 10.5 Å². The lowest BCUT2D eigenvalue weighted by Gasteiger charge is -2.06. The molecular formula is C19H16N2O2. The summed E-state index contributed by atoms with van der Waals surface area (Å²) in [5, 5.41) is 6.28. The number of carbonyl (C=O) groups excluding carboxylic acids is 1. The second kappa shape index (κ2) is 6.75. The zero-order chi connectivity index (χ0) is 16.1. The van der Waals surface area contributed by atoms with E-state index in [1.807, 2.05) is 48.5 Å². The number of fused-ring (bicyclic) bond motifs is 1. The third-order valence-electron chi connectivity index (χ3n) is 3.54. The van der Waals surface area contributed by atoms with Gasteiger partial charge in [0.25, 0.3) is 5.91 Å². The minimum atomic E-state index is -0.307. The Labute approximate surface area is 134 Å². The van der Waals surface area contributed by atoms with E-state index in [0.717, 1.165) is 16.3 Å². The van der Waals surface area contributed by atoms with E-state index in [9.17, 15) is 4.79 Å². The molecule has 0 heterocycles. The monoisotopic (exact) mass is 304 g/mol. The lowest BCUT2D eigenvalue weighted by atomic mass is 10.1. The van der Waals surface area contributed by atoms with E-state index in [-0.39, 0.29) is 5.91 Å². The molecule has 0 atom stereocenters. The summed E-state index contributed by atoms with van der Waals surface area (Å²) < 4.78 is 5.18. The van der Waals surface area contributed by atoms with Gasteiger partial charge < -0.3 is 4.74 Å². The Kier molecular flexibility index (Phi) is 4.34. The first-order chi connectivity index (χ1) is 11.3. The fourth-order valence-corrected chi connectivity index (χ4v) is 2.42. The van der Waals surface area contributed by atoms with Crippen molar-refractivity contribution in [3.8, 4) is 5.75 Å². The Morgan fingerprint density at radius 1 is 1.00 bits per heavy atom. The van der Waals surface area contributed by atoms with Crippen LogP contribution in [0.4, 0.5) is 0 Å². The van der Waals surface area contributed by atoms with Gasteiger partial charge in [-0.2, -0.15) is 5.10 Å². The topological polar surface area (TPSA) is 50.7 Å². The van der Waals surface area contributed by atoms with Crippen molar-refractivity contribution in [3.63, 3.8) is 0 Å². The van der Waals surface area contributed by atoms with Crippen molar-refractivity contribution < 1.29 is 9.53 Å². The van der Waals surface area contributed by atoms with Crippen molar-refractivity contribution in [1.82, 2.24) is 5.43 Å². The molecular weight excluding hydrogens is 288 g/mol. The molecule has 0 unspecified atom stereocenters. The van der Waals surface area contributed by atoms with Crippen LogP contribution in [0.3, 0.4) is 0 Å². The summed E-state index contributed by atoms with van der Waals surface area (Å²) in [6.45, 7) is 0. The first kappa shape index (κ1) is 14.8. The number of para-hydroxylation sites is 1. The molecule has 3 rings (SSSR count). The molecule has 0 bridgehead atoms. The molecule has 0 aliphatic heterocycles. The summed E-state index contributed by atoms with van der Waals surface area (Å²) in [5.41, 5.74) is 3.93. The SMILES string of the molecule is COc1ccccc1C(=O)NN=Cc1cccc2ccccc12. The fourth-order valence-electron chi connectivity index (χ4n) is 2.42. The normalized spacial score (nSPS) is 10.8. The number of nitrogens with zero attached hydrogens (tertiary/aromatic N) is 1. The Morgan fingerprint density at radius 3 is 2.61 bits per heavy atom. The van der Waals surface area contributed by atoms with Crippen molar-refractivity contribution in [2.24, 2.45) is 5.10 Å². The summed E-state index contributed by atoms with van der Waals surface area (Å²) in [4.78, 5) is 12.2. The standard InChI is InChI=1S/C19H16N2O2/c1-23-18-12-5-4-11-17(18)19(22)21-20-13-15-9-6-8-14-7-2-3-10-16(14)15/h2-13H,1H3,(H,21,22). The van der Waals surface area contributed by atoms with E-state index in [1.165, 1.54) is 7.11 Å². The highest BCUT2D eigenvalue weighted by atomic mass is 16.5. The Hall–Kier alpha value is -3.14. The van der Waals surface area contributed by atoms with Gasteiger partial charge in [-0.25, -0.2) is 5.43 Å². The summed E-state index contributed by atoms with van der Waals surface area (Å²) in [7, 11) is 1.53. The van der Waals surface area contributed by atoms with Crippen LogP contribution in [-0.2, 0) is 0 Å². The molecule has 3 aromatic rings. The van der Waals surface area contributed by atoms with Gasteiger partial charge >= 0.3 is 0 Å². The number of amides is 1. The average Bonchev–Trinajstić information content (AvgIpc) is 2.61. The molecule has 0 saturated heterocycles. The molecule has 0 radical (unpaired) electrons. The highest BCUT2D eigenvalue weighted by Gasteiger charge is 2.10. The molecule has 0 saturated carbocycles. The van der Waals surface area contributed by atoms with Gasteiger partial charge in [0, 0.05) is 5.56 Å². The molecule has 1 amide bonds. The second-order valence-corrected chi connectivity index (χ2v) is 4.97. The summed E-state index contributed by atoms with van der Waals surface area (Å²) in [6, 6.07) is 21.0. The molecule has 0 aromatic heterocycles. The van der Waals surface area contributed by atoms with Crippen LogP contribution < -0.4 is 10.2 Å². The number of hydrogen-bond donors (Lipinski definition) is 1. The molecule has 23 heavy (non-hydrogen) atoms. The molecule has 0 fully saturated rings. The van der Waals surface area contributed by atoms with E-state index in [4.69, 9.17) is 4.74 Å². The fraction of sp³-hybridized carbons (Fsp3) is 0.0526. The van der Waals surface area contributed by atoms with Crippen LogP contribution in [0, 0.1) is 0 Å². The Bertz CT molecular complexity index is 867. The third kappa shape index (κ3) is 3.21. The van der Waals surface area contributed by atoms with Crippen LogP contribution in [0.2, 0.25) is 0 Å². The van der Waals surface area contributed by atoms with Crippen molar-refractivity contribution in [1.29, 1.82) is 0 Å². The summed E-state index contributed by atoms with van der Waals surface area (Å²) in [6.07, 6.45) is 1.65. The first-order valence-electron chi connectivity index (χ1n) is 7.24. The smallest absolute Gasteiger partial charge is 0.275 e. The highest BCUT2D eigenvalue weighted by molar-refractivity contribution is 6.01. The largest absolute Gasteiger partial charge is 0.496 e. The van der Waals surface area contributed by atoms with Gasteiger partial charge in [0.05, 0.1) is 18.9 Å². The van der Waals surface area contributed by atoms with Gasteiger partial charge in [0.1, 0.15) is 5.75 Å². The lowest BCUT2D eigenvalue weighted by Crippen LogP contribution is -2.18. The molecule has 0 aliphatic carbocycles. The quantitative estimate of drug-likeness (QED) is 0.591. The minimum Gasteiger partial charge on any atom is -0.496 e. The van der Waals surface area contributed by atoms with Crippen molar-refractivity contribution in [2.45, 2.75) is 0 Å². The minimum absolute atomic E-state index is 0.307. The van der Waals surface area contributed by atoms with Crippen LogP contribution in [0.1, 0.15) is 15.9 Å². The maximum absolute atomic E-state index is 12.2. The maximum Gasteiger partial charge on any atom is 0.275 e. The van der Waals surface area contributed by atoms with Gasteiger partial charge in [-0.3, -0.25) is 4.79 Å². The van der Waals surface area contributed by atoms with Gasteiger partial charge in [0.2, 0.25) is 0 Å².